The van der Waals surface area contributed by atoms with Gasteiger partial charge in [-0.1, -0.05) is 49.5 Å². The van der Waals surface area contributed by atoms with Crippen molar-refractivity contribution in [2.75, 3.05) is 7.11 Å². The van der Waals surface area contributed by atoms with Crippen LogP contribution >= 0.6 is 0 Å². The Labute approximate surface area is 139 Å². The Morgan fingerprint density at radius 1 is 1.17 bits per heavy atom. The summed E-state index contributed by atoms with van der Waals surface area (Å²) in [7, 11) is 1.39. The van der Waals surface area contributed by atoms with Crippen LogP contribution < -0.4 is 0 Å². The van der Waals surface area contributed by atoms with Crippen molar-refractivity contribution in [3.8, 4) is 0 Å². The van der Waals surface area contributed by atoms with Gasteiger partial charge in [0.1, 0.15) is 6.29 Å². The number of allylic oxidation sites excluding steroid dienone is 7. The average Bonchev–Trinajstić information content (AvgIpc) is 2.57. The third kappa shape index (κ3) is 13.4. The first-order valence-corrected chi connectivity index (χ1v) is 8.03. The molecule has 128 valence electrons. The van der Waals surface area contributed by atoms with Crippen LogP contribution in [0.3, 0.4) is 0 Å². The highest BCUT2D eigenvalue weighted by Crippen LogP contribution is 2.05. The summed E-state index contributed by atoms with van der Waals surface area (Å²) >= 11 is 0. The van der Waals surface area contributed by atoms with Gasteiger partial charge >= 0.3 is 5.97 Å². The van der Waals surface area contributed by atoms with E-state index in [1.165, 1.54) is 7.11 Å². The fraction of sp³-hybridized carbons (Fsp3) is 0.474. The Kier molecular flexibility index (Phi) is 13.7. The van der Waals surface area contributed by atoms with Crippen molar-refractivity contribution in [2.24, 2.45) is 0 Å². The molecule has 4 heteroatoms. The molecule has 0 saturated carbocycles. The number of methoxy groups -OCH3 is 1. The van der Waals surface area contributed by atoms with Crippen LogP contribution in [-0.2, 0) is 14.3 Å². The van der Waals surface area contributed by atoms with E-state index in [0.717, 1.165) is 25.5 Å². The van der Waals surface area contributed by atoms with Crippen LogP contribution in [0.5, 0.6) is 0 Å². The van der Waals surface area contributed by atoms with Crippen LogP contribution in [0.25, 0.3) is 0 Å². The average molecular weight is 320 g/mol. The zero-order chi connectivity index (χ0) is 17.3. The summed E-state index contributed by atoms with van der Waals surface area (Å²) < 4.78 is 4.57. The van der Waals surface area contributed by atoms with Gasteiger partial charge in [0.15, 0.2) is 0 Å². The Balaban J connectivity index is 4.00. The molecule has 0 spiro atoms. The standard InChI is InChI=1S/C19H28O4/c1-3-18(21)14-10-7-9-13-17(16-20)12-8-5-4-6-11-15-19(22)23-2/h5,7-10,13-14,16,18,21H,3-4,6,11-12,15H2,1-2H3/b8-5-,9-7+,14-10+,17-13+. The molecule has 0 aromatic heterocycles. The maximum Gasteiger partial charge on any atom is 0.305 e. The highest BCUT2D eigenvalue weighted by atomic mass is 16.5. The fourth-order valence-corrected chi connectivity index (χ4v) is 1.70. The summed E-state index contributed by atoms with van der Waals surface area (Å²) in [6.07, 6.45) is 17.6. The summed E-state index contributed by atoms with van der Waals surface area (Å²) in [5.41, 5.74) is 0.691. The molecule has 0 aliphatic heterocycles. The Bertz CT molecular complexity index is 444. The summed E-state index contributed by atoms with van der Waals surface area (Å²) in [6.45, 7) is 1.91. The summed E-state index contributed by atoms with van der Waals surface area (Å²) in [5, 5.41) is 9.33. The number of esters is 1. The van der Waals surface area contributed by atoms with Gasteiger partial charge in [0.05, 0.1) is 13.2 Å². The van der Waals surface area contributed by atoms with Crippen LogP contribution in [0.2, 0.25) is 0 Å². The van der Waals surface area contributed by atoms with Gasteiger partial charge < -0.3 is 9.84 Å². The van der Waals surface area contributed by atoms with Gasteiger partial charge in [-0.15, -0.1) is 0 Å². The van der Waals surface area contributed by atoms with Gasteiger partial charge in [-0.25, -0.2) is 0 Å². The largest absolute Gasteiger partial charge is 0.469 e. The number of carbonyl (C=O) groups is 2. The second-order valence-electron chi connectivity index (χ2n) is 5.10. The second kappa shape index (κ2) is 15.0. The number of hydrogen-bond acceptors (Lipinski definition) is 4. The zero-order valence-corrected chi connectivity index (χ0v) is 14.1. The van der Waals surface area contributed by atoms with Crippen molar-refractivity contribution in [3.63, 3.8) is 0 Å². The molecule has 0 bridgehead atoms. The molecule has 0 amide bonds. The van der Waals surface area contributed by atoms with E-state index in [4.69, 9.17) is 0 Å². The topological polar surface area (TPSA) is 63.6 Å². The number of carbonyl (C=O) groups excluding carboxylic acids is 2. The molecule has 0 aromatic rings. The number of unbranched alkanes of at least 4 members (excludes halogenated alkanes) is 2. The van der Waals surface area contributed by atoms with E-state index in [1.807, 2.05) is 19.1 Å². The maximum atomic E-state index is 11.0. The third-order valence-corrected chi connectivity index (χ3v) is 3.19. The first kappa shape index (κ1) is 21.1. The Morgan fingerprint density at radius 2 is 1.96 bits per heavy atom. The van der Waals surface area contributed by atoms with E-state index in [0.29, 0.717) is 24.8 Å². The van der Waals surface area contributed by atoms with Gasteiger partial charge in [0.2, 0.25) is 0 Å². The van der Waals surface area contributed by atoms with Crippen molar-refractivity contribution in [1.29, 1.82) is 0 Å². The minimum Gasteiger partial charge on any atom is -0.469 e. The van der Waals surface area contributed by atoms with Crippen molar-refractivity contribution >= 4 is 12.3 Å². The molecule has 1 atom stereocenters. The van der Waals surface area contributed by atoms with E-state index in [9.17, 15) is 14.7 Å². The normalized spacial score (nSPS) is 14.0. The molecular formula is C19H28O4. The number of aldehydes is 1. The lowest BCUT2D eigenvalue weighted by molar-refractivity contribution is -0.140. The smallest absolute Gasteiger partial charge is 0.305 e. The third-order valence-electron chi connectivity index (χ3n) is 3.19. The van der Waals surface area contributed by atoms with Crippen LogP contribution in [0.1, 0.15) is 45.4 Å². The Hall–Kier alpha value is -1.94. The minimum atomic E-state index is -0.420. The van der Waals surface area contributed by atoms with Crippen molar-refractivity contribution in [1.82, 2.24) is 0 Å². The molecule has 0 heterocycles. The van der Waals surface area contributed by atoms with Gasteiger partial charge in [-0.3, -0.25) is 9.59 Å². The van der Waals surface area contributed by atoms with Gasteiger partial charge in [-0.05, 0) is 37.7 Å². The van der Waals surface area contributed by atoms with E-state index < -0.39 is 6.10 Å². The van der Waals surface area contributed by atoms with Crippen LogP contribution in [0.4, 0.5) is 0 Å². The molecule has 1 N–H and O–H groups in total. The van der Waals surface area contributed by atoms with Crippen LogP contribution in [0.15, 0.2) is 48.1 Å². The summed E-state index contributed by atoms with van der Waals surface area (Å²) in [4.78, 5) is 21.9. The van der Waals surface area contributed by atoms with Crippen molar-refractivity contribution < 1.29 is 19.4 Å². The van der Waals surface area contributed by atoms with E-state index in [2.05, 4.69) is 4.74 Å². The lowest BCUT2D eigenvalue weighted by Gasteiger charge is -1.97. The molecule has 0 aliphatic rings. The second-order valence-corrected chi connectivity index (χ2v) is 5.10. The predicted octanol–water partition coefficient (Wildman–Crippen LogP) is 3.67. The lowest BCUT2D eigenvalue weighted by atomic mass is 10.1. The van der Waals surface area contributed by atoms with Gasteiger partial charge in [0.25, 0.3) is 0 Å². The van der Waals surface area contributed by atoms with Crippen molar-refractivity contribution in [2.45, 2.75) is 51.6 Å². The van der Waals surface area contributed by atoms with Crippen LogP contribution in [0, 0.1) is 0 Å². The molecule has 4 nitrogen and oxygen atoms in total. The van der Waals surface area contributed by atoms with Gasteiger partial charge in [0, 0.05) is 6.42 Å². The monoisotopic (exact) mass is 320 g/mol. The van der Waals surface area contributed by atoms with Gasteiger partial charge in [-0.2, -0.15) is 0 Å². The number of ether oxygens (including phenoxy) is 1. The molecule has 0 radical (unpaired) electrons. The first-order valence-electron chi connectivity index (χ1n) is 8.03. The molecule has 0 aromatic carbocycles. The number of hydrogen-bond donors (Lipinski definition) is 1. The Morgan fingerprint density at radius 3 is 2.61 bits per heavy atom. The zero-order valence-electron chi connectivity index (χ0n) is 14.1. The predicted molar refractivity (Wildman–Crippen MR) is 93.0 cm³/mol. The quantitative estimate of drug-likeness (QED) is 0.149. The molecule has 0 aliphatic carbocycles. The lowest BCUT2D eigenvalue weighted by Crippen LogP contribution is -1.98. The molecule has 23 heavy (non-hydrogen) atoms. The SMILES string of the molecule is CCC(O)/C=C/C=C/C=C(/C=O)C/C=C\CCCCC(=O)OC. The first-order chi connectivity index (χ1) is 11.1. The number of aliphatic hydroxyl groups is 1. The van der Waals surface area contributed by atoms with E-state index in [-0.39, 0.29) is 5.97 Å². The van der Waals surface area contributed by atoms with Crippen LogP contribution in [-0.4, -0.2) is 30.6 Å². The maximum absolute atomic E-state index is 11.0. The molecule has 0 saturated heterocycles. The molecule has 0 fully saturated rings. The van der Waals surface area contributed by atoms with E-state index in [1.54, 1.807) is 30.4 Å². The molecule has 0 rings (SSSR count). The van der Waals surface area contributed by atoms with Crippen molar-refractivity contribution in [3.05, 3.63) is 48.1 Å². The van der Waals surface area contributed by atoms with E-state index >= 15 is 0 Å². The molecule has 1 unspecified atom stereocenters. The number of rotatable bonds is 12. The minimum absolute atomic E-state index is 0.174. The molecular weight excluding hydrogens is 292 g/mol. The summed E-state index contributed by atoms with van der Waals surface area (Å²) in [6, 6.07) is 0. The summed E-state index contributed by atoms with van der Waals surface area (Å²) in [5.74, 6) is -0.174. The number of aliphatic hydroxyl groups excluding tert-OH is 1. The fourth-order valence-electron chi connectivity index (χ4n) is 1.70. The highest BCUT2D eigenvalue weighted by molar-refractivity contribution is 5.74. The highest BCUT2D eigenvalue weighted by Gasteiger charge is 1.97.